The lowest BCUT2D eigenvalue weighted by Crippen LogP contribution is -2.50. The van der Waals surface area contributed by atoms with E-state index in [9.17, 15) is 4.79 Å². The van der Waals surface area contributed by atoms with E-state index in [0.717, 1.165) is 0 Å². The number of para-hydroxylation sites is 1. The third-order valence-electron chi connectivity index (χ3n) is 3.84. The van der Waals surface area contributed by atoms with E-state index in [-0.39, 0.29) is 12.0 Å². The molecular weight excluding hydrogens is 292 g/mol. The molecular formula is C17H20N4O2. The van der Waals surface area contributed by atoms with Crippen LogP contribution < -0.4 is 4.74 Å². The third kappa shape index (κ3) is 5.28. The summed E-state index contributed by atoms with van der Waals surface area (Å²) in [6, 6.07) is 13.3. The van der Waals surface area contributed by atoms with Crippen LogP contribution in [0.15, 0.2) is 30.3 Å². The normalized spacial score (nSPS) is 16.2. The second-order valence-corrected chi connectivity index (χ2v) is 5.49. The minimum Gasteiger partial charge on any atom is -0.410 e. The molecule has 1 aliphatic rings. The van der Waals surface area contributed by atoms with Crippen molar-refractivity contribution in [3.63, 3.8) is 0 Å². The maximum Gasteiger partial charge on any atom is 0.415 e. The van der Waals surface area contributed by atoms with Gasteiger partial charge in [-0.2, -0.15) is 10.5 Å². The summed E-state index contributed by atoms with van der Waals surface area (Å²) in [5, 5.41) is 17.7. The van der Waals surface area contributed by atoms with E-state index in [1.54, 1.807) is 17.0 Å². The molecule has 6 nitrogen and oxygen atoms in total. The number of rotatable bonds is 5. The molecule has 0 radical (unpaired) electrons. The second-order valence-electron chi connectivity index (χ2n) is 5.49. The van der Waals surface area contributed by atoms with Gasteiger partial charge in [-0.05, 0) is 18.6 Å². The Morgan fingerprint density at radius 3 is 2.48 bits per heavy atom. The predicted molar refractivity (Wildman–Crippen MR) is 84.4 cm³/mol. The van der Waals surface area contributed by atoms with Gasteiger partial charge >= 0.3 is 6.09 Å². The van der Waals surface area contributed by atoms with Crippen LogP contribution in [0.1, 0.15) is 12.8 Å². The Bertz CT molecular complexity index is 583. The summed E-state index contributed by atoms with van der Waals surface area (Å²) in [4.78, 5) is 15.9. The van der Waals surface area contributed by atoms with Crippen LogP contribution in [0.25, 0.3) is 0 Å². The summed E-state index contributed by atoms with van der Waals surface area (Å²) < 4.78 is 5.32. The fourth-order valence-corrected chi connectivity index (χ4v) is 2.51. The number of nitrogens with zero attached hydrogens (tertiary/aromatic N) is 4. The smallest absolute Gasteiger partial charge is 0.410 e. The number of amides is 1. The minimum atomic E-state index is -0.336. The molecule has 0 saturated carbocycles. The molecule has 1 amide bonds. The van der Waals surface area contributed by atoms with Crippen LogP contribution in [0.5, 0.6) is 5.75 Å². The van der Waals surface area contributed by atoms with E-state index in [1.165, 1.54) is 0 Å². The molecule has 1 atom stereocenters. The van der Waals surface area contributed by atoms with Crippen molar-refractivity contribution in [1.82, 2.24) is 9.80 Å². The first kappa shape index (κ1) is 16.8. The van der Waals surface area contributed by atoms with E-state index in [4.69, 9.17) is 15.3 Å². The lowest BCUT2D eigenvalue weighted by Gasteiger charge is -2.34. The lowest BCUT2D eigenvalue weighted by molar-refractivity contribution is 0.106. The van der Waals surface area contributed by atoms with Gasteiger partial charge < -0.3 is 9.64 Å². The standard InChI is InChI=1S/C17H20N4O2/c18-8-4-5-15(13-19)14-20-9-11-21(12-10-20)17(22)23-16-6-2-1-3-7-16/h1-3,6-7,15H,4-5,9-12,14H2/t15-/m1/s1. The SMILES string of the molecule is N#CCC[C@H](C#N)CN1CCN(C(=O)Oc2ccccc2)CC1. The van der Waals surface area contributed by atoms with Crippen LogP contribution in [0.2, 0.25) is 0 Å². The molecule has 1 saturated heterocycles. The van der Waals surface area contributed by atoms with Crippen LogP contribution >= 0.6 is 0 Å². The van der Waals surface area contributed by atoms with Crippen LogP contribution in [0, 0.1) is 28.6 Å². The van der Waals surface area contributed by atoms with Gasteiger partial charge in [0.05, 0.1) is 18.1 Å². The zero-order chi connectivity index (χ0) is 16.5. The zero-order valence-corrected chi connectivity index (χ0v) is 13.0. The first-order chi connectivity index (χ1) is 11.2. The monoisotopic (exact) mass is 312 g/mol. The minimum absolute atomic E-state index is 0.127. The zero-order valence-electron chi connectivity index (χ0n) is 13.0. The number of hydrogen-bond acceptors (Lipinski definition) is 5. The highest BCUT2D eigenvalue weighted by Gasteiger charge is 2.24. The van der Waals surface area contributed by atoms with E-state index < -0.39 is 0 Å². The first-order valence-corrected chi connectivity index (χ1v) is 7.73. The van der Waals surface area contributed by atoms with E-state index in [1.807, 2.05) is 18.2 Å². The molecule has 1 heterocycles. The van der Waals surface area contributed by atoms with Crippen molar-refractivity contribution in [2.24, 2.45) is 5.92 Å². The molecule has 1 fully saturated rings. The molecule has 1 aliphatic heterocycles. The molecule has 0 N–H and O–H groups in total. The number of piperazine rings is 1. The summed E-state index contributed by atoms with van der Waals surface area (Å²) in [5.41, 5.74) is 0. The Morgan fingerprint density at radius 1 is 1.17 bits per heavy atom. The maximum atomic E-state index is 12.1. The predicted octanol–water partition coefficient (Wildman–Crippen LogP) is 2.25. The van der Waals surface area contributed by atoms with Crippen molar-refractivity contribution in [3.8, 4) is 17.9 Å². The van der Waals surface area contributed by atoms with Crippen molar-refractivity contribution < 1.29 is 9.53 Å². The van der Waals surface area contributed by atoms with Gasteiger partial charge in [-0.25, -0.2) is 4.79 Å². The number of ether oxygens (including phenoxy) is 1. The van der Waals surface area contributed by atoms with Crippen molar-refractivity contribution in [3.05, 3.63) is 30.3 Å². The summed E-state index contributed by atoms with van der Waals surface area (Å²) >= 11 is 0. The molecule has 0 aromatic heterocycles. The van der Waals surface area contributed by atoms with Gasteiger partial charge in [-0.15, -0.1) is 0 Å². The molecule has 2 rings (SSSR count). The van der Waals surface area contributed by atoms with Crippen LogP contribution in [-0.2, 0) is 0 Å². The Labute approximate surface area is 136 Å². The van der Waals surface area contributed by atoms with Gasteiger partial charge in [0.15, 0.2) is 0 Å². The molecule has 23 heavy (non-hydrogen) atoms. The van der Waals surface area contributed by atoms with Crippen LogP contribution in [0.4, 0.5) is 4.79 Å². The summed E-state index contributed by atoms with van der Waals surface area (Å²) in [6.45, 7) is 3.26. The van der Waals surface area contributed by atoms with E-state index >= 15 is 0 Å². The Kier molecular flexibility index (Phi) is 6.40. The number of hydrogen-bond donors (Lipinski definition) is 0. The molecule has 0 spiro atoms. The highest BCUT2D eigenvalue weighted by atomic mass is 16.6. The first-order valence-electron chi connectivity index (χ1n) is 7.73. The van der Waals surface area contributed by atoms with Crippen molar-refractivity contribution in [2.75, 3.05) is 32.7 Å². The molecule has 0 bridgehead atoms. The number of carbonyl (C=O) groups is 1. The van der Waals surface area contributed by atoms with E-state index in [2.05, 4.69) is 17.0 Å². The average molecular weight is 312 g/mol. The second kappa shape index (κ2) is 8.77. The number of nitriles is 2. The number of carbonyl (C=O) groups excluding carboxylic acids is 1. The fourth-order valence-electron chi connectivity index (χ4n) is 2.51. The van der Waals surface area contributed by atoms with Crippen LogP contribution in [-0.4, -0.2) is 48.6 Å². The van der Waals surface area contributed by atoms with Crippen molar-refractivity contribution >= 4 is 6.09 Å². The number of benzene rings is 1. The molecule has 0 unspecified atom stereocenters. The van der Waals surface area contributed by atoms with Gasteiger partial charge in [0, 0.05) is 39.1 Å². The van der Waals surface area contributed by atoms with Crippen LogP contribution in [0.3, 0.4) is 0 Å². The molecule has 1 aromatic rings. The van der Waals surface area contributed by atoms with Gasteiger partial charge in [0.1, 0.15) is 5.75 Å². The Morgan fingerprint density at radius 2 is 1.87 bits per heavy atom. The largest absolute Gasteiger partial charge is 0.415 e. The topological polar surface area (TPSA) is 80.4 Å². The molecule has 0 aliphatic carbocycles. The summed E-state index contributed by atoms with van der Waals surface area (Å²) in [7, 11) is 0. The van der Waals surface area contributed by atoms with Gasteiger partial charge in [-0.3, -0.25) is 4.90 Å². The summed E-state index contributed by atoms with van der Waals surface area (Å²) in [5.74, 6) is 0.415. The Balaban J connectivity index is 1.76. The fraction of sp³-hybridized carbons (Fsp3) is 0.471. The lowest BCUT2D eigenvalue weighted by atomic mass is 10.0. The molecule has 1 aromatic carbocycles. The highest BCUT2D eigenvalue weighted by Crippen LogP contribution is 2.13. The van der Waals surface area contributed by atoms with E-state index in [0.29, 0.717) is 51.3 Å². The molecule has 120 valence electrons. The summed E-state index contributed by atoms with van der Waals surface area (Å²) in [6.07, 6.45) is 0.669. The average Bonchev–Trinajstić information content (AvgIpc) is 2.60. The van der Waals surface area contributed by atoms with Gasteiger partial charge in [-0.1, -0.05) is 18.2 Å². The quantitative estimate of drug-likeness (QED) is 0.833. The van der Waals surface area contributed by atoms with Gasteiger partial charge in [0.2, 0.25) is 0 Å². The van der Waals surface area contributed by atoms with Crippen molar-refractivity contribution in [1.29, 1.82) is 10.5 Å². The molecule has 6 heteroatoms. The third-order valence-corrected chi connectivity index (χ3v) is 3.84. The highest BCUT2D eigenvalue weighted by molar-refractivity contribution is 5.70. The Hall–Kier alpha value is -2.57. The van der Waals surface area contributed by atoms with Crippen molar-refractivity contribution in [2.45, 2.75) is 12.8 Å². The van der Waals surface area contributed by atoms with Gasteiger partial charge in [0.25, 0.3) is 0 Å². The maximum absolute atomic E-state index is 12.1.